The quantitative estimate of drug-likeness (QED) is 0.869. The van der Waals surface area contributed by atoms with Crippen LogP contribution in [0.2, 0.25) is 0 Å². The molecular formula is C18H23N3O4. The summed E-state index contributed by atoms with van der Waals surface area (Å²) in [4.78, 5) is 18.5. The lowest BCUT2D eigenvalue weighted by Gasteiger charge is -2.25. The highest BCUT2D eigenvalue weighted by molar-refractivity contribution is 5.87. The van der Waals surface area contributed by atoms with Gasteiger partial charge in [0, 0.05) is 18.7 Å². The standard InChI is InChI=1S/C18H23N3O4/c1-12-13(2)25-17(19-12)20-18(23)21(11-15-7-5-9-24-15)10-14-6-3-4-8-16(14)22/h3-4,6,8,15,22H,5,7,9-11H2,1-2H3,(H,19,20,23)/t15-/m0/s1. The summed E-state index contributed by atoms with van der Waals surface area (Å²) in [6.45, 7) is 5.05. The van der Waals surface area contributed by atoms with Gasteiger partial charge in [-0.2, -0.15) is 4.98 Å². The van der Waals surface area contributed by atoms with Gasteiger partial charge in [0.15, 0.2) is 0 Å². The lowest BCUT2D eigenvalue weighted by atomic mass is 10.1. The molecule has 0 radical (unpaired) electrons. The van der Waals surface area contributed by atoms with Crippen molar-refractivity contribution in [2.75, 3.05) is 18.5 Å². The smallest absolute Gasteiger partial charge is 0.325 e. The molecule has 1 fully saturated rings. The number of amides is 2. The predicted octanol–water partition coefficient (Wildman–Crippen LogP) is 3.21. The van der Waals surface area contributed by atoms with E-state index in [4.69, 9.17) is 9.15 Å². The topological polar surface area (TPSA) is 87.8 Å². The Hall–Kier alpha value is -2.54. The molecule has 2 amide bonds. The molecule has 1 aliphatic rings. The van der Waals surface area contributed by atoms with Crippen LogP contribution < -0.4 is 5.32 Å². The van der Waals surface area contributed by atoms with Crippen LogP contribution in [-0.2, 0) is 11.3 Å². The molecule has 2 aromatic rings. The number of hydrogen-bond acceptors (Lipinski definition) is 5. The number of nitrogens with one attached hydrogen (secondary N) is 1. The first kappa shape index (κ1) is 17.3. The Bertz CT molecular complexity index is 718. The molecule has 2 heterocycles. The second-order valence-corrected chi connectivity index (χ2v) is 6.24. The van der Waals surface area contributed by atoms with Crippen molar-refractivity contribution in [1.82, 2.24) is 9.88 Å². The number of carbonyl (C=O) groups is 1. The summed E-state index contributed by atoms with van der Waals surface area (Å²) in [5, 5.41) is 12.7. The molecule has 134 valence electrons. The van der Waals surface area contributed by atoms with E-state index in [-0.39, 0.29) is 30.4 Å². The van der Waals surface area contributed by atoms with Crippen LogP contribution in [0.1, 0.15) is 29.9 Å². The SMILES string of the molecule is Cc1nc(NC(=O)N(Cc2ccccc2O)C[C@@H]2CCCO2)oc1C. The zero-order valence-corrected chi connectivity index (χ0v) is 14.5. The second kappa shape index (κ2) is 7.57. The Balaban J connectivity index is 1.74. The molecule has 1 saturated heterocycles. The highest BCUT2D eigenvalue weighted by Gasteiger charge is 2.24. The van der Waals surface area contributed by atoms with Crippen LogP contribution in [0.3, 0.4) is 0 Å². The molecule has 25 heavy (non-hydrogen) atoms. The molecule has 0 saturated carbocycles. The Kier molecular flexibility index (Phi) is 5.23. The van der Waals surface area contributed by atoms with Crippen LogP contribution >= 0.6 is 0 Å². The van der Waals surface area contributed by atoms with E-state index in [0.717, 1.165) is 25.1 Å². The molecule has 1 aliphatic heterocycles. The van der Waals surface area contributed by atoms with Crippen LogP contribution in [0.4, 0.5) is 10.8 Å². The van der Waals surface area contributed by atoms with Gasteiger partial charge in [0.2, 0.25) is 0 Å². The van der Waals surface area contributed by atoms with Gasteiger partial charge in [0.1, 0.15) is 11.5 Å². The third kappa shape index (κ3) is 4.30. The molecule has 2 N–H and O–H groups in total. The molecule has 7 heteroatoms. The molecule has 0 aliphatic carbocycles. The minimum atomic E-state index is -0.333. The Morgan fingerprint density at radius 3 is 2.84 bits per heavy atom. The van der Waals surface area contributed by atoms with E-state index in [9.17, 15) is 9.90 Å². The van der Waals surface area contributed by atoms with E-state index in [1.165, 1.54) is 0 Å². The highest BCUT2D eigenvalue weighted by atomic mass is 16.5. The number of aryl methyl sites for hydroxylation is 2. The number of nitrogens with zero attached hydrogens (tertiary/aromatic N) is 2. The van der Waals surface area contributed by atoms with Gasteiger partial charge in [-0.05, 0) is 32.8 Å². The summed E-state index contributed by atoms with van der Waals surface area (Å²) in [6.07, 6.45) is 1.92. The Morgan fingerprint density at radius 1 is 1.40 bits per heavy atom. The molecule has 0 unspecified atom stereocenters. The third-order valence-corrected chi connectivity index (χ3v) is 4.33. The summed E-state index contributed by atoms with van der Waals surface area (Å²) >= 11 is 0. The monoisotopic (exact) mass is 345 g/mol. The van der Waals surface area contributed by atoms with E-state index in [1.54, 1.807) is 30.0 Å². The van der Waals surface area contributed by atoms with Crippen molar-refractivity contribution in [1.29, 1.82) is 0 Å². The summed E-state index contributed by atoms with van der Waals surface area (Å²) < 4.78 is 11.1. The number of phenols is 1. The fourth-order valence-corrected chi connectivity index (χ4v) is 2.80. The van der Waals surface area contributed by atoms with Crippen molar-refractivity contribution < 1.29 is 19.1 Å². The van der Waals surface area contributed by atoms with Crippen LogP contribution in [0.5, 0.6) is 5.75 Å². The summed E-state index contributed by atoms with van der Waals surface area (Å²) in [7, 11) is 0. The van der Waals surface area contributed by atoms with E-state index in [2.05, 4.69) is 10.3 Å². The highest BCUT2D eigenvalue weighted by Crippen LogP contribution is 2.21. The molecular weight excluding hydrogens is 322 g/mol. The second-order valence-electron chi connectivity index (χ2n) is 6.24. The first-order chi connectivity index (χ1) is 12.0. The number of aromatic nitrogens is 1. The number of urea groups is 1. The predicted molar refractivity (Wildman–Crippen MR) is 92.5 cm³/mol. The van der Waals surface area contributed by atoms with Gasteiger partial charge in [-0.15, -0.1) is 0 Å². The van der Waals surface area contributed by atoms with Crippen molar-refractivity contribution in [2.24, 2.45) is 0 Å². The van der Waals surface area contributed by atoms with Gasteiger partial charge in [0.25, 0.3) is 0 Å². The van der Waals surface area contributed by atoms with Crippen LogP contribution in [0.25, 0.3) is 0 Å². The van der Waals surface area contributed by atoms with Crippen LogP contribution in [-0.4, -0.2) is 40.3 Å². The number of ether oxygens (including phenoxy) is 1. The maximum Gasteiger partial charge on any atom is 0.325 e. The van der Waals surface area contributed by atoms with Gasteiger partial charge < -0.3 is 19.2 Å². The maximum absolute atomic E-state index is 12.7. The number of aromatic hydroxyl groups is 1. The fourth-order valence-electron chi connectivity index (χ4n) is 2.80. The summed E-state index contributed by atoms with van der Waals surface area (Å²) in [5.74, 6) is 0.831. The number of para-hydroxylation sites is 1. The Labute approximate surface area is 146 Å². The maximum atomic E-state index is 12.7. The largest absolute Gasteiger partial charge is 0.508 e. The van der Waals surface area contributed by atoms with Crippen molar-refractivity contribution in [3.05, 3.63) is 41.3 Å². The number of hydrogen-bond donors (Lipinski definition) is 2. The van der Waals surface area contributed by atoms with Crippen LogP contribution in [0, 0.1) is 13.8 Å². The first-order valence-electron chi connectivity index (χ1n) is 8.41. The number of anilines is 1. The molecule has 7 nitrogen and oxygen atoms in total. The third-order valence-electron chi connectivity index (χ3n) is 4.33. The van der Waals surface area contributed by atoms with Crippen molar-refractivity contribution >= 4 is 12.0 Å². The zero-order valence-electron chi connectivity index (χ0n) is 14.5. The lowest BCUT2D eigenvalue weighted by Crippen LogP contribution is -2.39. The summed E-state index contributed by atoms with van der Waals surface area (Å²) in [5.41, 5.74) is 1.41. The minimum Gasteiger partial charge on any atom is -0.508 e. The van der Waals surface area contributed by atoms with Crippen molar-refractivity contribution in [2.45, 2.75) is 39.3 Å². The molecule has 0 bridgehead atoms. The average molecular weight is 345 g/mol. The number of carbonyl (C=O) groups excluding carboxylic acids is 1. The average Bonchev–Trinajstić information content (AvgIpc) is 3.19. The molecule has 3 rings (SSSR count). The first-order valence-corrected chi connectivity index (χ1v) is 8.41. The van der Waals surface area contributed by atoms with E-state index in [1.807, 2.05) is 13.0 Å². The van der Waals surface area contributed by atoms with E-state index >= 15 is 0 Å². The zero-order chi connectivity index (χ0) is 17.8. The van der Waals surface area contributed by atoms with Crippen molar-refractivity contribution in [3.63, 3.8) is 0 Å². The Morgan fingerprint density at radius 2 is 2.20 bits per heavy atom. The van der Waals surface area contributed by atoms with Gasteiger partial charge in [-0.25, -0.2) is 4.79 Å². The lowest BCUT2D eigenvalue weighted by molar-refractivity contribution is 0.0816. The minimum absolute atomic E-state index is 0.00429. The molecule has 1 aromatic heterocycles. The van der Waals surface area contributed by atoms with Gasteiger partial charge in [-0.1, -0.05) is 18.2 Å². The molecule has 1 atom stereocenters. The fraction of sp³-hybridized carbons (Fsp3) is 0.444. The van der Waals surface area contributed by atoms with Gasteiger partial charge in [0.05, 0.1) is 18.3 Å². The van der Waals surface area contributed by atoms with E-state index in [0.29, 0.717) is 17.9 Å². The van der Waals surface area contributed by atoms with Gasteiger partial charge >= 0.3 is 12.0 Å². The summed E-state index contributed by atoms with van der Waals surface area (Å²) in [6, 6.07) is 6.83. The number of rotatable bonds is 5. The normalized spacial score (nSPS) is 16.8. The van der Waals surface area contributed by atoms with Crippen molar-refractivity contribution in [3.8, 4) is 5.75 Å². The van der Waals surface area contributed by atoms with Gasteiger partial charge in [-0.3, -0.25) is 5.32 Å². The number of benzene rings is 1. The van der Waals surface area contributed by atoms with E-state index < -0.39 is 0 Å². The number of phenolic OH excluding ortho intramolecular Hbond substituents is 1. The number of oxazole rings is 1. The molecule has 0 spiro atoms. The van der Waals surface area contributed by atoms with Crippen LogP contribution in [0.15, 0.2) is 28.7 Å². The molecule has 1 aromatic carbocycles.